The highest BCUT2D eigenvalue weighted by Crippen LogP contribution is 2.34. The van der Waals surface area contributed by atoms with E-state index in [-0.39, 0.29) is 12.2 Å². The molecule has 0 saturated carbocycles. The molecule has 2 aromatic heterocycles. The van der Waals surface area contributed by atoms with E-state index in [0.717, 1.165) is 0 Å². The first-order valence-corrected chi connectivity index (χ1v) is 9.41. The van der Waals surface area contributed by atoms with E-state index in [1.807, 2.05) is 0 Å². The summed E-state index contributed by atoms with van der Waals surface area (Å²) in [5.74, 6) is 0. The van der Waals surface area contributed by atoms with Gasteiger partial charge in [-0.05, 0) is 35.4 Å². The van der Waals surface area contributed by atoms with Crippen LogP contribution in [0.1, 0.15) is 17.2 Å². The quantitative estimate of drug-likeness (QED) is 0.455. The maximum Gasteiger partial charge on any atom is 0.350 e. The topological polar surface area (TPSA) is 129 Å². The summed E-state index contributed by atoms with van der Waals surface area (Å²) in [4.78, 5) is 12.5. The molecule has 9 nitrogen and oxygen atoms in total. The molecule has 4 rings (SSSR count). The molecule has 0 spiro atoms. The van der Waals surface area contributed by atoms with Gasteiger partial charge in [0.05, 0.1) is 13.2 Å². The summed E-state index contributed by atoms with van der Waals surface area (Å²) in [6, 6.07) is 10.1. The van der Waals surface area contributed by atoms with Crippen LogP contribution in [0.25, 0.3) is 5.65 Å². The van der Waals surface area contributed by atoms with Crippen LogP contribution in [0.3, 0.4) is 0 Å². The van der Waals surface area contributed by atoms with Crippen molar-refractivity contribution in [2.75, 3.05) is 6.61 Å². The number of benzene rings is 1. The molecule has 4 N–H and O–H groups in total. The number of rotatable bonds is 4. The van der Waals surface area contributed by atoms with Crippen molar-refractivity contribution in [1.29, 1.82) is 0 Å². The Bertz CT molecular complexity index is 1080. The van der Waals surface area contributed by atoms with Crippen LogP contribution in [0.4, 0.5) is 0 Å². The predicted molar refractivity (Wildman–Crippen MR) is 103 cm³/mol. The number of fused-ring (bicyclic) bond motifs is 1. The average molecular weight is 422 g/mol. The van der Waals surface area contributed by atoms with E-state index in [4.69, 9.17) is 16.3 Å². The Morgan fingerprint density at radius 2 is 1.90 bits per heavy atom. The third kappa shape index (κ3) is 3.57. The van der Waals surface area contributed by atoms with Gasteiger partial charge in [0.25, 0.3) is 0 Å². The van der Waals surface area contributed by atoms with Crippen LogP contribution in [-0.2, 0) is 11.3 Å². The highest BCUT2D eigenvalue weighted by molar-refractivity contribution is 6.31. The molecule has 1 aromatic carbocycles. The number of aliphatic hydroxyl groups excluding tert-OH is 4. The van der Waals surface area contributed by atoms with Crippen molar-refractivity contribution in [2.45, 2.75) is 37.1 Å². The molecule has 1 saturated heterocycles. The van der Waals surface area contributed by atoms with Crippen molar-refractivity contribution in [3.63, 3.8) is 0 Å². The number of halogens is 1. The molecule has 154 valence electrons. The van der Waals surface area contributed by atoms with Crippen molar-refractivity contribution in [3.05, 3.63) is 69.2 Å². The standard InChI is InChI=1S/C19H20ClN3O6/c20-12-5-4-10(18-17(27)16(26)15(25)13(9-24)29-18)7-11(12)8-23-19(28)22-6-2-1-3-14(22)21-23/h1-7,13,15-18,24-27H,8-9H2/t13?,15-,16?,17?,18+/m1/s1. The molecule has 5 atom stereocenters. The van der Waals surface area contributed by atoms with Gasteiger partial charge in [-0.2, -0.15) is 0 Å². The lowest BCUT2D eigenvalue weighted by molar-refractivity contribution is -0.231. The van der Waals surface area contributed by atoms with Crippen LogP contribution in [0.2, 0.25) is 5.02 Å². The number of aliphatic hydroxyl groups is 4. The van der Waals surface area contributed by atoms with E-state index >= 15 is 0 Å². The summed E-state index contributed by atoms with van der Waals surface area (Å²) >= 11 is 6.30. The number of hydrogen-bond acceptors (Lipinski definition) is 7. The van der Waals surface area contributed by atoms with Crippen molar-refractivity contribution in [1.82, 2.24) is 14.2 Å². The summed E-state index contributed by atoms with van der Waals surface area (Å²) in [6.45, 7) is -0.427. The molecule has 1 fully saturated rings. The first-order valence-electron chi connectivity index (χ1n) is 9.03. The highest BCUT2D eigenvalue weighted by Gasteiger charge is 2.44. The zero-order valence-corrected chi connectivity index (χ0v) is 15.9. The van der Waals surface area contributed by atoms with Gasteiger partial charge >= 0.3 is 5.69 Å². The summed E-state index contributed by atoms with van der Waals surface area (Å²) in [7, 11) is 0. The van der Waals surface area contributed by atoms with E-state index in [1.165, 1.54) is 9.08 Å². The van der Waals surface area contributed by atoms with Crippen molar-refractivity contribution < 1.29 is 25.2 Å². The minimum absolute atomic E-state index is 0.0879. The Morgan fingerprint density at radius 1 is 1.10 bits per heavy atom. The van der Waals surface area contributed by atoms with Crippen LogP contribution in [-0.4, -0.2) is 65.6 Å². The zero-order valence-electron chi connectivity index (χ0n) is 15.2. The second-order valence-electron chi connectivity index (χ2n) is 6.97. The number of ether oxygens (including phenoxy) is 1. The number of pyridine rings is 1. The molecule has 29 heavy (non-hydrogen) atoms. The second kappa shape index (κ2) is 7.86. The van der Waals surface area contributed by atoms with Crippen LogP contribution >= 0.6 is 11.6 Å². The maximum atomic E-state index is 12.5. The lowest BCUT2D eigenvalue weighted by Gasteiger charge is -2.40. The van der Waals surface area contributed by atoms with Gasteiger partial charge in [0.1, 0.15) is 30.5 Å². The van der Waals surface area contributed by atoms with Crippen molar-refractivity contribution in [2.24, 2.45) is 0 Å². The average Bonchev–Trinajstić information content (AvgIpc) is 3.04. The smallest absolute Gasteiger partial charge is 0.350 e. The normalized spacial score (nSPS) is 27.4. The minimum atomic E-state index is -1.48. The minimum Gasteiger partial charge on any atom is -0.394 e. The van der Waals surface area contributed by atoms with Crippen LogP contribution in [0.5, 0.6) is 0 Å². The summed E-state index contributed by atoms with van der Waals surface area (Å²) in [5.41, 5.74) is 1.22. The first-order chi connectivity index (χ1) is 13.9. The van der Waals surface area contributed by atoms with E-state index in [2.05, 4.69) is 5.10 Å². The SMILES string of the molecule is O=c1n(Cc2cc([C@@H]3OC(CO)[C@@H](O)C(O)C3O)ccc2Cl)nc2ccccn12. The Balaban J connectivity index is 1.67. The van der Waals surface area contributed by atoms with E-state index < -0.39 is 37.1 Å². The molecule has 3 unspecified atom stereocenters. The lowest BCUT2D eigenvalue weighted by Crippen LogP contribution is -2.55. The Morgan fingerprint density at radius 3 is 2.62 bits per heavy atom. The highest BCUT2D eigenvalue weighted by atomic mass is 35.5. The fourth-order valence-corrected chi connectivity index (χ4v) is 3.68. The van der Waals surface area contributed by atoms with E-state index in [0.29, 0.717) is 21.8 Å². The monoisotopic (exact) mass is 421 g/mol. The molecule has 0 radical (unpaired) electrons. The molecular weight excluding hydrogens is 402 g/mol. The molecule has 0 amide bonds. The zero-order chi connectivity index (χ0) is 20.7. The first kappa shape index (κ1) is 20.0. The molecule has 10 heteroatoms. The van der Waals surface area contributed by atoms with Gasteiger partial charge in [0, 0.05) is 11.2 Å². The lowest BCUT2D eigenvalue weighted by atomic mass is 9.90. The van der Waals surface area contributed by atoms with Gasteiger partial charge < -0.3 is 25.2 Å². The van der Waals surface area contributed by atoms with Gasteiger partial charge in [-0.15, -0.1) is 5.10 Å². The van der Waals surface area contributed by atoms with Gasteiger partial charge in [-0.3, -0.25) is 4.40 Å². The molecule has 0 aliphatic carbocycles. The van der Waals surface area contributed by atoms with Gasteiger partial charge in [0.2, 0.25) is 0 Å². The number of nitrogens with zero attached hydrogens (tertiary/aromatic N) is 3. The van der Waals surface area contributed by atoms with E-state index in [1.54, 1.807) is 42.6 Å². The number of hydrogen-bond donors (Lipinski definition) is 4. The van der Waals surface area contributed by atoms with Gasteiger partial charge in [-0.1, -0.05) is 23.7 Å². The maximum absolute atomic E-state index is 12.5. The second-order valence-corrected chi connectivity index (χ2v) is 7.38. The molecule has 3 aromatic rings. The van der Waals surface area contributed by atoms with Crippen LogP contribution < -0.4 is 5.69 Å². The third-order valence-electron chi connectivity index (χ3n) is 5.10. The largest absolute Gasteiger partial charge is 0.394 e. The van der Waals surface area contributed by atoms with Crippen molar-refractivity contribution >= 4 is 17.2 Å². The molecule has 0 bridgehead atoms. The van der Waals surface area contributed by atoms with Gasteiger partial charge in [0.15, 0.2) is 5.65 Å². The van der Waals surface area contributed by atoms with E-state index in [9.17, 15) is 25.2 Å². The summed E-state index contributed by atoms with van der Waals surface area (Å²) < 4.78 is 8.28. The summed E-state index contributed by atoms with van der Waals surface area (Å²) in [6.07, 6.45) is -4.70. The Kier molecular flexibility index (Phi) is 5.43. The fourth-order valence-electron chi connectivity index (χ4n) is 3.50. The van der Waals surface area contributed by atoms with Crippen molar-refractivity contribution in [3.8, 4) is 0 Å². The molecule has 3 heterocycles. The molecular formula is C19H20ClN3O6. The molecule has 1 aliphatic heterocycles. The van der Waals surface area contributed by atoms with Gasteiger partial charge in [-0.25, -0.2) is 9.48 Å². The fraction of sp³-hybridized carbons (Fsp3) is 0.368. The molecule has 1 aliphatic rings. The number of aromatic nitrogens is 3. The van der Waals surface area contributed by atoms with Crippen LogP contribution in [0.15, 0.2) is 47.4 Å². The Labute approximate surface area is 170 Å². The predicted octanol–water partition coefficient (Wildman–Crippen LogP) is -0.287. The Hall–Kier alpha value is -2.27. The summed E-state index contributed by atoms with van der Waals surface area (Å²) in [5, 5.41) is 44.4. The third-order valence-corrected chi connectivity index (χ3v) is 5.47. The van der Waals surface area contributed by atoms with Crippen LogP contribution in [0, 0.1) is 0 Å².